The summed E-state index contributed by atoms with van der Waals surface area (Å²) in [4.78, 5) is 30.0. The second kappa shape index (κ2) is 15.8. The number of hydrogen-bond acceptors (Lipinski definition) is 4. The quantitative estimate of drug-likeness (QED) is 0.178. The highest BCUT2D eigenvalue weighted by Gasteiger charge is 2.26. The van der Waals surface area contributed by atoms with Crippen LogP contribution < -0.4 is 10.6 Å². The van der Waals surface area contributed by atoms with Gasteiger partial charge in [-0.2, -0.15) is 0 Å². The van der Waals surface area contributed by atoms with Crippen LogP contribution in [0.4, 0.5) is 0 Å². The second-order valence-electron chi connectivity index (χ2n) is 10.1. The summed E-state index contributed by atoms with van der Waals surface area (Å²) in [6.07, 6.45) is 0. The second-order valence-corrected chi connectivity index (χ2v) is 11.7. The first-order valence-electron chi connectivity index (χ1n) is 14.0. The third kappa shape index (κ3) is 8.86. The third-order valence-electron chi connectivity index (χ3n) is 7.26. The molecule has 0 aliphatic heterocycles. The summed E-state index contributed by atoms with van der Waals surface area (Å²) in [7, 11) is 0. The molecule has 0 radical (unpaired) electrons. The Bertz CT molecular complexity index is 1470. The minimum absolute atomic E-state index is 0.226. The van der Waals surface area contributed by atoms with Crippen molar-refractivity contribution in [3.63, 3.8) is 0 Å². The van der Waals surface area contributed by atoms with Crippen molar-refractivity contribution in [1.29, 1.82) is 0 Å². The maximum atomic E-state index is 13.1. The lowest BCUT2D eigenvalue weighted by Gasteiger charge is -2.37. The van der Waals surface area contributed by atoms with Gasteiger partial charge in [0.25, 0.3) is 11.8 Å². The molecule has 0 saturated carbocycles. The topological polar surface area (TPSA) is 64.7 Å². The van der Waals surface area contributed by atoms with Gasteiger partial charge in [0, 0.05) is 34.3 Å². The van der Waals surface area contributed by atoms with Gasteiger partial charge in [0.15, 0.2) is 10.2 Å². The Morgan fingerprint density at radius 3 is 1.23 bits per heavy atom. The summed E-state index contributed by atoms with van der Waals surface area (Å²) in [6, 6.07) is 32.4. The summed E-state index contributed by atoms with van der Waals surface area (Å²) in [5.41, 5.74) is 2.92. The van der Waals surface area contributed by atoms with Crippen LogP contribution in [0.3, 0.4) is 0 Å². The first-order chi connectivity index (χ1) is 21.1. The zero-order chi connectivity index (χ0) is 31.6. The zero-order valence-corrected chi connectivity index (χ0v) is 27.4. The van der Waals surface area contributed by atoms with Crippen LogP contribution in [-0.4, -0.2) is 44.9 Å². The van der Waals surface area contributed by atoms with E-state index in [2.05, 4.69) is 10.6 Å². The fraction of sp³-hybridized carbons (Fsp3) is 0.176. The van der Waals surface area contributed by atoms with Gasteiger partial charge in [-0.1, -0.05) is 83.9 Å². The van der Waals surface area contributed by atoms with Gasteiger partial charge in [-0.3, -0.25) is 20.2 Å². The highest BCUT2D eigenvalue weighted by Crippen LogP contribution is 2.25. The lowest BCUT2D eigenvalue weighted by atomic mass is 10.1. The molecular weight excluding hydrogens is 631 g/mol. The normalized spacial score (nSPS) is 12.0. The average molecular weight is 664 g/mol. The Morgan fingerprint density at radius 2 is 0.909 bits per heavy atom. The predicted octanol–water partition coefficient (Wildman–Crippen LogP) is 7.85. The highest BCUT2D eigenvalue weighted by atomic mass is 35.5. The number of rotatable bonds is 9. The Labute approximate surface area is 279 Å². The number of benzene rings is 4. The van der Waals surface area contributed by atoms with Crippen molar-refractivity contribution in [2.75, 3.05) is 13.1 Å². The van der Waals surface area contributed by atoms with Gasteiger partial charge in [-0.25, -0.2) is 0 Å². The smallest absolute Gasteiger partial charge is 0.257 e. The van der Waals surface area contributed by atoms with Crippen molar-refractivity contribution < 1.29 is 9.59 Å². The van der Waals surface area contributed by atoms with E-state index >= 15 is 0 Å². The molecule has 4 rings (SSSR count). The average Bonchev–Trinajstić information content (AvgIpc) is 3.04. The maximum absolute atomic E-state index is 13.1. The lowest BCUT2D eigenvalue weighted by molar-refractivity contribution is 0.0960. The number of hydrogen-bond donors (Lipinski definition) is 2. The van der Waals surface area contributed by atoms with Crippen LogP contribution in [0, 0.1) is 0 Å². The van der Waals surface area contributed by atoms with Crippen molar-refractivity contribution >= 4 is 69.7 Å². The van der Waals surface area contributed by atoms with E-state index in [9.17, 15) is 9.59 Å². The number of carbonyl (C=O) groups is 2. The van der Waals surface area contributed by atoms with Crippen LogP contribution in [0.5, 0.6) is 0 Å². The molecule has 4 aromatic carbocycles. The van der Waals surface area contributed by atoms with E-state index in [-0.39, 0.29) is 34.1 Å². The van der Waals surface area contributed by atoms with E-state index in [0.717, 1.165) is 11.1 Å². The fourth-order valence-corrected chi connectivity index (χ4v) is 5.60. The molecule has 10 heteroatoms. The van der Waals surface area contributed by atoms with Crippen LogP contribution in [0.15, 0.2) is 109 Å². The predicted molar refractivity (Wildman–Crippen MR) is 186 cm³/mol. The third-order valence-corrected chi connectivity index (χ3v) is 8.43. The van der Waals surface area contributed by atoms with E-state index in [1.54, 1.807) is 48.5 Å². The van der Waals surface area contributed by atoms with Gasteiger partial charge in [0.05, 0.1) is 12.1 Å². The Balaban J connectivity index is 1.61. The molecule has 6 nitrogen and oxygen atoms in total. The molecule has 4 aromatic rings. The Kier molecular flexibility index (Phi) is 11.9. The van der Waals surface area contributed by atoms with Gasteiger partial charge in [0.1, 0.15) is 0 Å². The van der Waals surface area contributed by atoms with Crippen molar-refractivity contribution in [1.82, 2.24) is 20.4 Å². The molecule has 2 N–H and O–H groups in total. The van der Waals surface area contributed by atoms with Crippen LogP contribution >= 0.6 is 47.6 Å². The monoisotopic (exact) mass is 662 g/mol. The molecule has 0 aromatic heterocycles. The van der Waals surface area contributed by atoms with E-state index in [4.69, 9.17) is 47.6 Å². The standard InChI is InChI=1S/C34H32Cl2N4O2S2/c1-23(25-13-17-29(35)18-14-25)39(33(43)37-31(41)27-9-5-3-6-10-27)21-22-40(24(2)26-15-19-30(36)20-16-26)34(44)38-32(42)28-11-7-4-8-12-28/h3-20,23-24H,21-22H2,1-2H3,(H,37,41,43)(H,38,42,44). The van der Waals surface area contributed by atoms with Crippen LogP contribution in [-0.2, 0) is 0 Å². The number of amides is 2. The number of nitrogens with one attached hydrogen (secondary N) is 2. The van der Waals surface area contributed by atoms with Crippen molar-refractivity contribution in [3.05, 3.63) is 141 Å². The van der Waals surface area contributed by atoms with E-state index < -0.39 is 0 Å². The fourth-order valence-electron chi connectivity index (χ4n) is 4.66. The van der Waals surface area contributed by atoms with E-state index in [1.807, 2.05) is 84.3 Å². The summed E-state index contributed by atoms with van der Waals surface area (Å²) in [5, 5.41) is 7.55. The summed E-state index contributed by atoms with van der Waals surface area (Å²) in [5.74, 6) is -0.609. The molecule has 2 unspecified atom stereocenters. The number of nitrogens with zero attached hydrogens (tertiary/aromatic N) is 2. The maximum Gasteiger partial charge on any atom is 0.257 e. The SMILES string of the molecule is CC(c1ccc(Cl)cc1)N(CCN(C(=S)NC(=O)c1ccccc1)C(C)c1ccc(Cl)cc1)C(=S)NC(=O)c1ccccc1. The molecule has 0 aliphatic rings. The van der Waals surface area contributed by atoms with Gasteiger partial charge >= 0.3 is 0 Å². The molecule has 0 aliphatic carbocycles. The van der Waals surface area contributed by atoms with E-state index in [1.165, 1.54) is 0 Å². The first-order valence-corrected chi connectivity index (χ1v) is 15.6. The Hall–Kier alpha value is -3.82. The zero-order valence-electron chi connectivity index (χ0n) is 24.2. The summed E-state index contributed by atoms with van der Waals surface area (Å²) >= 11 is 23.9. The number of halogens is 2. The highest BCUT2D eigenvalue weighted by molar-refractivity contribution is 7.80. The summed E-state index contributed by atoms with van der Waals surface area (Å²) in [6.45, 7) is 4.76. The Morgan fingerprint density at radius 1 is 0.591 bits per heavy atom. The molecule has 2 atom stereocenters. The summed E-state index contributed by atoms with van der Waals surface area (Å²) < 4.78 is 0. The van der Waals surface area contributed by atoms with Crippen molar-refractivity contribution in [3.8, 4) is 0 Å². The molecule has 44 heavy (non-hydrogen) atoms. The van der Waals surface area contributed by atoms with Crippen LogP contribution in [0.1, 0.15) is 57.8 Å². The van der Waals surface area contributed by atoms with Crippen molar-refractivity contribution in [2.24, 2.45) is 0 Å². The number of thiocarbonyl (C=S) groups is 2. The molecule has 0 saturated heterocycles. The van der Waals surface area contributed by atoms with Gasteiger partial charge < -0.3 is 9.80 Å². The van der Waals surface area contributed by atoms with Gasteiger partial charge in [-0.05, 0) is 97.9 Å². The van der Waals surface area contributed by atoms with Crippen LogP contribution in [0.25, 0.3) is 0 Å². The first kappa shape index (κ1) is 33.1. The molecule has 226 valence electrons. The number of carbonyl (C=O) groups excluding carboxylic acids is 2. The van der Waals surface area contributed by atoms with Crippen molar-refractivity contribution in [2.45, 2.75) is 25.9 Å². The molecule has 2 amide bonds. The molecule has 0 fully saturated rings. The largest absolute Gasteiger partial charge is 0.340 e. The van der Waals surface area contributed by atoms with Gasteiger partial charge in [0.2, 0.25) is 0 Å². The van der Waals surface area contributed by atoms with Crippen LogP contribution in [0.2, 0.25) is 10.0 Å². The molecular formula is C34H32Cl2N4O2S2. The van der Waals surface area contributed by atoms with Gasteiger partial charge in [-0.15, -0.1) is 0 Å². The molecule has 0 heterocycles. The molecule has 0 spiro atoms. The van der Waals surface area contributed by atoms with E-state index in [0.29, 0.717) is 34.3 Å². The minimum atomic E-state index is -0.305. The minimum Gasteiger partial charge on any atom is -0.340 e. The lowest BCUT2D eigenvalue weighted by Crippen LogP contribution is -2.50. The molecule has 0 bridgehead atoms.